The van der Waals surface area contributed by atoms with Crippen LogP contribution in [0.3, 0.4) is 0 Å². The van der Waals surface area contributed by atoms with E-state index in [0.29, 0.717) is 0 Å². The Balaban J connectivity index is 3.40. The normalized spacial score (nSPS) is 9.82. The minimum absolute atomic E-state index is 0.0365. The largest absolute Gasteiger partial charge is 0.490 e. The van der Waals surface area contributed by atoms with Crippen LogP contribution >= 0.6 is 0 Å². The Bertz CT molecular complexity index is 460. The number of halogens is 1. The van der Waals surface area contributed by atoms with Crippen molar-refractivity contribution in [3.8, 4) is 5.75 Å². The molecule has 0 fully saturated rings. The number of ether oxygens (including phenoxy) is 2. The van der Waals surface area contributed by atoms with Gasteiger partial charge in [-0.25, -0.2) is 9.18 Å². The lowest BCUT2D eigenvalue weighted by atomic mass is 10.1. The number of nitrogens with zero attached hydrogens (tertiary/aromatic N) is 1. The molecule has 6 nitrogen and oxygen atoms in total. The Morgan fingerprint density at radius 2 is 2.18 bits per heavy atom. The third-order valence-corrected chi connectivity index (χ3v) is 1.94. The first-order valence-corrected chi connectivity index (χ1v) is 4.70. The topological polar surface area (TPSA) is 78.7 Å². The average molecular weight is 243 g/mol. The molecule has 0 amide bonds. The van der Waals surface area contributed by atoms with E-state index in [9.17, 15) is 19.3 Å². The molecule has 1 aromatic rings. The van der Waals surface area contributed by atoms with Crippen LogP contribution in [0.5, 0.6) is 5.75 Å². The fourth-order valence-corrected chi connectivity index (χ4v) is 1.28. The molecule has 1 aromatic carbocycles. The van der Waals surface area contributed by atoms with Crippen molar-refractivity contribution in [2.75, 3.05) is 13.7 Å². The van der Waals surface area contributed by atoms with Gasteiger partial charge in [0.1, 0.15) is 11.4 Å². The Labute approximate surface area is 96.1 Å². The van der Waals surface area contributed by atoms with Crippen molar-refractivity contribution in [2.45, 2.75) is 6.92 Å². The molecule has 0 aliphatic rings. The number of carbonyl (C=O) groups is 1. The fourth-order valence-electron chi connectivity index (χ4n) is 1.28. The summed E-state index contributed by atoms with van der Waals surface area (Å²) < 4.78 is 22.4. The number of carbonyl (C=O) groups excluding carboxylic acids is 1. The van der Waals surface area contributed by atoms with Gasteiger partial charge in [-0.05, 0) is 13.0 Å². The molecular formula is C10H10FNO5. The predicted molar refractivity (Wildman–Crippen MR) is 55.6 cm³/mol. The molecule has 0 radical (unpaired) electrons. The minimum Gasteiger partial charge on any atom is -0.490 e. The van der Waals surface area contributed by atoms with Crippen molar-refractivity contribution in [1.82, 2.24) is 0 Å². The van der Waals surface area contributed by atoms with Crippen LogP contribution in [-0.4, -0.2) is 24.6 Å². The minimum atomic E-state index is -0.961. The molecule has 0 N–H and O–H groups in total. The van der Waals surface area contributed by atoms with Gasteiger partial charge in [-0.1, -0.05) is 0 Å². The van der Waals surface area contributed by atoms with Gasteiger partial charge in [0, 0.05) is 6.07 Å². The maximum Gasteiger partial charge on any atom is 0.345 e. The van der Waals surface area contributed by atoms with Crippen molar-refractivity contribution in [3.05, 3.63) is 33.6 Å². The number of benzene rings is 1. The molecule has 0 unspecified atom stereocenters. The number of rotatable bonds is 4. The van der Waals surface area contributed by atoms with E-state index in [1.165, 1.54) is 0 Å². The number of hydrogen-bond donors (Lipinski definition) is 0. The first-order chi connectivity index (χ1) is 8.01. The lowest BCUT2D eigenvalue weighted by Crippen LogP contribution is -2.09. The van der Waals surface area contributed by atoms with E-state index in [1.807, 2.05) is 0 Å². The summed E-state index contributed by atoms with van der Waals surface area (Å²) in [5, 5.41) is 10.8. The molecule has 0 saturated carbocycles. The van der Waals surface area contributed by atoms with Crippen LogP contribution < -0.4 is 4.74 Å². The van der Waals surface area contributed by atoms with Gasteiger partial charge in [-0.2, -0.15) is 0 Å². The second-order valence-corrected chi connectivity index (χ2v) is 2.98. The van der Waals surface area contributed by atoms with Crippen molar-refractivity contribution >= 4 is 11.7 Å². The highest BCUT2D eigenvalue weighted by atomic mass is 19.1. The van der Waals surface area contributed by atoms with Crippen molar-refractivity contribution < 1.29 is 23.6 Å². The van der Waals surface area contributed by atoms with Gasteiger partial charge < -0.3 is 9.47 Å². The van der Waals surface area contributed by atoms with Crippen LogP contribution in [-0.2, 0) is 4.74 Å². The van der Waals surface area contributed by atoms with Gasteiger partial charge in [0.05, 0.1) is 18.6 Å². The van der Waals surface area contributed by atoms with Gasteiger partial charge in [0.15, 0.2) is 0 Å². The Kier molecular flexibility index (Phi) is 3.97. The molecule has 0 heterocycles. The highest BCUT2D eigenvalue weighted by molar-refractivity contribution is 5.95. The van der Waals surface area contributed by atoms with Crippen molar-refractivity contribution in [1.29, 1.82) is 0 Å². The first-order valence-electron chi connectivity index (χ1n) is 4.70. The quantitative estimate of drug-likeness (QED) is 0.458. The standard InChI is InChI=1S/C10H10FNO5/c1-3-17-10(13)7-4-6(11)5-8(16-2)9(7)12(14)15/h4-5H,3H2,1-2H3. The summed E-state index contributed by atoms with van der Waals surface area (Å²) in [6.45, 7) is 1.58. The van der Waals surface area contributed by atoms with Crippen molar-refractivity contribution in [2.24, 2.45) is 0 Å². The first kappa shape index (κ1) is 12.9. The Morgan fingerprint density at radius 3 is 2.65 bits per heavy atom. The zero-order valence-corrected chi connectivity index (χ0v) is 9.23. The second-order valence-electron chi connectivity index (χ2n) is 2.98. The number of hydrogen-bond acceptors (Lipinski definition) is 5. The number of nitro benzene ring substituents is 1. The summed E-state index contributed by atoms with van der Waals surface area (Å²) in [6, 6.07) is 1.58. The van der Waals surface area contributed by atoms with Crippen LogP contribution in [0.2, 0.25) is 0 Å². The molecule has 1 rings (SSSR count). The molecule has 0 aromatic heterocycles. The second kappa shape index (κ2) is 5.24. The lowest BCUT2D eigenvalue weighted by molar-refractivity contribution is -0.386. The highest BCUT2D eigenvalue weighted by Crippen LogP contribution is 2.32. The zero-order valence-electron chi connectivity index (χ0n) is 9.23. The van der Waals surface area contributed by atoms with Crippen LogP contribution in [0.25, 0.3) is 0 Å². The Morgan fingerprint density at radius 1 is 1.53 bits per heavy atom. The molecule has 0 aliphatic carbocycles. The van der Waals surface area contributed by atoms with E-state index in [0.717, 1.165) is 19.2 Å². The van der Waals surface area contributed by atoms with Crippen molar-refractivity contribution in [3.63, 3.8) is 0 Å². The number of esters is 1. The summed E-state index contributed by atoms with van der Waals surface area (Å²) in [5.41, 5.74) is -1.07. The maximum absolute atomic E-state index is 13.1. The van der Waals surface area contributed by atoms with Crippen LogP contribution in [0, 0.1) is 15.9 Å². The highest BCUT2D eigenvalue weighted by Gasteiger charge is 2.27. The Hall–Kier alpha value is -2.18. The third kappa shape index (κ3) is 2.68. The van der Waals surface area contributed by atoms with E-state index in [2.05, 4.69) is 9.47 Å². The molecular weight excluding hydrogens is 233 g/mol. The zero-order chi connectivity index (χ0) is 13.0. The van der Waals surface area contributed by atoms with Gasteiger partial charge >= 0.3 is 11.7 Å². The van der Waals surface area contributed by atoms with Crippen LogP contribution in [0.15, 0.2) is 12.1 Å². The van der Waals surface area contributed by atoms with Crippen LogP contribution in [0.1, 0.15) is 17.3 Å². The smallest absolute Gasteiger partial charge is 0.345 e. The van der Waals surface area contributed by atoms with E-state index in [1.54, 1.807) is 6.92 Å². The number of nitro groups is 1. The van der Waals surface area contributed by atoms with Gasteiger partial charge in [-0.15, -0.1) is 0 Å². The van der Waals surface area contributed by atoms with Gasteiger partial charge in [0.25, 0.3) is 0 Å². The summed E-state index contributed by atoms with van der Waals surface area (Å²) >= 11 is 0. The van der Waals surface area contributed by atoms with Gasteiger partial charge in [-0.3, -0.25) is 10.1 Å². The van der Waals surface area contributed by atoms with E-state index < -0.39 is 28.0 Å². The molecule has 7 heteroatoms. The lowest BCUT2D eigenvalue weighted by Gasteiger charge is -2.06. The SMILES string of the molecule is CCOC(=O)c1cc(F)cc(OC)c1[N+](=O)[O-]. The maximum atomic E-state index is 13.1. The molecule has 17 heavy (non-hydrogen) atoms. The summed E-state index contributed by atoms with van der Waals surface area (Å²) in [4.78, 5) is 21.4. The van der Waals surface area contributed by atoms with E-state index >= 15 is 0 Å². The fraction of sp³-hybridized carbons (Fsp3) is 0.300. The number of methoxy groups -OCH3 is 1. The van der Waals surface area contributed by atoms with Crippen LogP contribution in [0.4, 0.5) is 10.1 Å². The monoisotopic (exact) mass is 243 g/mol. The summed E-state index contributed by atoms with van der Waals surface area (Å²) in [6.07, 6.45) is 0. The summed E-state index contributed by atoms with van der Waals surface area (Å²) in [7, 11) is 1.15. The summed E-state index contributed by atoms with van der Waals surface area (Å²) in [5.74, 6) is -2.09. The molecule has 0 bridgehead atoms. The molecule has 0 saturated heterocycles. The van der Waals surface area contributed by atoms with Gasteiger partial charge in [0.2, 0.25) is 5.75 Å². The van der Waals surface area contributed by atoms with E-state index in [-0.39, 0.29) is 12.4 Å². The molecule has 0 spiro atoms. The average Bonchev–Trinajstić information content (AvgIpc) is 2.27. The molecule has 0 atom stereocenters. The third-order valence-electron chi connectivity index (χ3n) is 1.94. The van der Waals surface area contributed by atoms with E-state index in [4.69, 9.17) is 0 Å². The molecule has 0 aliphatic heterocycles. The molecule has 92 valence electrons. The predicted octanol–water partition coefficient (Wildman–Crippen LogP) is 1.92.